The minimum absolute atomic E-state index is 0.122. The average Bonchev–Trinajstić information content (AvgIpc) is 3.16. The van der Waals surface area contributed by atoms with Gasteiger partial charge in [-0.15, -0.1) is 0 Å². The molecule has 3 aromatic carbocycles. The van der Waals surface area contributed by atoms with E-state index in [0.29, 0.717) is 39.3 Å². The Morgan fingerprint density at radius 2 is 1.81 bits per heavy atom. The van der Waals surface area contributed by atoms with Crippen molar-refractivity contribution in [2.24, 2.45) is 0 Å². The molecule has 0 radical (unpaired) electrons. The van der Waals surface area contributed by atoms with Crippen molar-refractivity contribution < 1.29 is 9.53 Å². The van der Waals surface area contributed by atoms with Gasteiger partial charge >= 0.3 is 0 Å². The molecule has 0 aliphatic carbocycles. The maximum Gasteiger partial charge on any atom is 0.226 e. The third-order valence-electron chi connectivity index (χ3n) is 4.83. The van der Waals surface area contributed by atoms with Crippen LogP contribution >= 0.6 is 23.8 Å². The molecule has 4 aromatic rings. The second-order valence-corrected chi connectivity index (χ2v) is 8.02. The fourth-order valence-electron chi connectivity index (χ4n) is 3.15. The monoisotopic (exact) mass is 464 g/mol. The summed E-state index contributed by atoms with van der Waals surface area (Å²) in [4.78, 5) is 12.5. The van der Waals surface area contributed by atoms with Gasteiger partial charge in [-0.05, 0) is 55.5 Å². The minimum atomic E-state index is -0.122. The number of H-pyrrole nitrogens is 1. The average molecular weight is 465 g/mol. The van der Waals surface area contributed by atoms with Crippen molar-refractivity contribution in [1.82, 2.24) is 14.8 Å². The lowest BCUT2D eigenvalue weighted by Gasteiger charge is -2.10. The van der Waals surface area contributed by atoms with Crippen LogP contribution in [-0.2, 0) is 11.3 Å². The molecule has 0 atom stereocenters. The molecule has 0 saturated heterocycles. The molecular weight excluding hydrogens is 444 g/mol. The lowest BCUT2D eigenvalue weighted by atomic mass is 10.1. The van der Waals surface area contributed by atoms with Crippen LogP contribution in [0.25, 0.3) is 11.4 Å². The Balaban J connectivity index is 1.37. The Labute approximate surface area is 195 Å². The summed E-state index contributed by atoms with van der Waals surface area (Å²) in [6.07, 6.45) is 0.255. The number of anilines is 1. The van der Waals surface area contributed by atoms with Gasteiger partial charge in [0.1, 0.15) is 11.5 Å². The van der Waals surface area contributed by atoms with E-state index in [1.54, 1.807) is 36.4 Å². The number of amides is 1. The van der Waals surface area contributed by atoms with E-state index in [9.17, 15) is 4.79 Å². The molecule has 0 aliphatic heterocycles. The molecule has 0 spiro atoms. The van der Waals surface area contributed by atoms with Crippen molar-refractivity contribution in [1.29, 1.82) is 0 Å². The first-order chi connectivity index (χ1) is 15.5. The first kappa shape index (κ1) is 21.8. The molecule has 1 aromatic heterocycles. The van der Waals surface area contributed by atoms with Gasteiger partial charge in [-0.2, -0.15) is 5.10 Å². The number of carbonyl (C=O) groups excluding carboxylic acids is 1. The highest BCUT2D eigenvalue weighted by Crippen LogP contribution is 2.29. The highest BCUT2D eigenvalue weighted by molar-refractivity contribution is 7.71. The molecule has 6 nitrogen and oxygen atoms in total. The normalized spacial score (nSPS) is 10.7. The summed E-state index contributed by atoms with van der Waals surface area (Å²) >= 11 is 11.5. The number of aromatic nitrogens is 3. The second kappa shape index (κ2) is 9.80. The number of aryl methyl sites for hydroxylation is 1. The summed E-state index contributed by atoms with van der Waals surface area (Å²) in [7, 11) is 0. The fourth-order valence-corrected chi connectivity index (χ4v) is 3.54. The number of halogens is 1. The minimum Gasteiger partial charge on any atom is -0.456 e. The van der Waals surface area contributed by atoms with E-state index < -0.39 is 0 Å². The van der Waals surface area contributed by atoms with Crippen molar-refractivity contribution in [3.63, 3.8) is 0 Å². The molecule has 0 bridgehead atoms. The van der Waals surface area contributed by atoms with Gasteiger partial charge in [0.2, 0.25) is 5.91 Å². The zero-order valence-electron chi connectivity index (χ0n) is 17.3. The topological polar surface area (TPSA) is 71.9 Å². The molecule has 1 amide bonds. The van der Waals surface area contributed by atoms with E-state index in [1.165, 1.54) is 0 Å². The summed E-state index contributed by atoms with van der Waals surface area (Å²) in [5.41, 5.74) is 2.78. The number of hydrogen-bond acceptors (Lipinski definition) is 4. The molecule has 0 unspecified atom stereocenters. The summed E-state index contributed by atoms with van der Waals surface area (Å²) in [5, 5.41) is 10.6. The molecule has 32 heavy (non-hydrogen) atoms. The van der Waals surface area contributed by atoms with Gasteiger partial charge < -0.3 is 10.1 Å². The zero-order chi connectivity index (χ0) is 22.5. The van der Waals surface area contributed by atoms with E-state index in [-0.39, 0.29) is 12.3 Å². The van der Waals surface area contributed by atoms with Crippen molar-refractivity contribution in [2.75, 3.05) is 5.32 Å². The first-order valence-corrected chi connectivity index (χ1v) is 10.8. The lowest BCUT2D eigenvalue weighted by molar-refractivity contribution is -0.116. The molecule has 0 fully saturated rings. The van der Waals surface area contributed by atoms with Gasteiger partial charge in [-0.25, -0.2) is 0 Å². The van der Waals surface area contributed by atoms with Gasteiger partial charge in [0.25, 0.3) is 0 Å². The Morgan fingerprint density at radius 3 is 2.53 bits per heavy atom. The molecular formula is C24H21ClN4O2S. The number of hydrogen-bond donors (Lipinski definition) is 2. The smallest absolute Gasteiger partial charge is 0.226 e. The maximum atomic E-state index is 12.5. The Morgan fingerprint density at radius 1 is 1.09 bits per heavy atom. The van der Waals surface area contributed by atoms with Crippen LogP contribution in [0, 0.1) is 11.7 Å². The number of nitrogens with zero attached hydrogens (tertiary/aromatic N) is 2. The fraction of sp³-hybridized carbons (Fsp3) is 0.125. The van der Waals surface area contributed by atoms with Crippen LogP contribution in [0.2, 0.25) is 5.02 Å². The standard InChI is InChI=1S/C24H21ClN4O2S/c1-16-6-8-17(9-7-16)23-27-28-24(32)29(23)15-14-22(30)26-18-10-12-19(13-11-18)31-21-5-3-2-4-20(21)25/h2-13H,14-15H2,1H3,(H,26,30)(H,28,32). The van der Waals surface area contributed by atoms with Crippen molar-refractivity contribution in [2.45, 2.75) is 19.9 Å². The maximum absolute atomic E-state index is 12.5. The molecule has 1 heterocycles. The summed E-state index contributed by atoms with van der Waals surface area (Å²) < 4.78 is 8.09. The molecule has 4 rings (SSSR count). The number of aromatic amines is 1. The Bertz CT molecular complexity index is 1280. The molecule has 0 saturated carbocycles. The first-order valence-electron chi connectivity index (χ1n) is 10.0. The van der Waals surface area contributed by atoms with Gasteiger partial charge in [0, 0.05) is 24.2 Å². The van der Waals surface area contributed by atoms with Crippen LogP contribution in [0.5, 0.6) is 11.5 Å². The van der Waals surface area contributed by atoms with Gasteiger partial charge in [0.05, 0.1) is 5.02 Å². The van der Waals surface area contributed by atoms with Gasteiger partial charge in [0.15, 0.2) is 10.6 Å². The number of nitrogens with one attached hydrogen (secondary N) is 2. The van der Waals surface area contributed by atoms with Crippen LogP contribution in [0.4, 0.5) is 5.69 Å². The van der Waals surface area contributed by atoms with E-state index >= 15 is 0 Å². The summed E-state index contributed by atoms with van der Waals surface area (Å²) in [6.45, 7) is 2.44. The third-order valence-corrected chi connectivity index (χ3v) is 5.46. The summed E-state index contributed by atoms with van der Waals surface area (Å²) in [5.74, 6) is 1.79. The van der Waals surface area contributed by atoms with Crippen molar-refractivity contribution >= 4 is 35.4 Å². The van der Waals surface area contributed by atoms with E-state index in [1.807, 2.05) is 47.9 Å². The SMILES string of the molecule is Cc1ccc(-c2n[nH]c(=S)n2CCC(=O)Nc2ccc(Oc3ccccc3Cl)cc2)cc1. The number of para-hydroxylation sites is 1. The zero-order valence-corrected chi connectivity index (χ0v) is 18.9. The summed E-state index contributed by atoms with van der Waals surface area (Å²) in [6, 6.07) is 22.4. The van der Waals surface area contributed by atoms with Crippen molar-refractivity contribution in [3.8, 4) is 22.9 Å². The van der Waals surface area contributed by atoms with Crippen molar-refractivity contribution in [3.05, 3.63) is 88.2 Å². The van der Waals surface area contributed by atoms with E-state index in [0.717, 1.165) is 11.1 Å². The van der Waals surface area contributed by atoms with Crippen LogP contribution in [0.15, 0.2) is 72.8 Å². The van der Waals surface area contributed by atoms with Crippen LogP contribution in [-0.4, -0.2) is 20.7 Å². The number of benzene rings is 3. The third kappa shape index (κ3) is 5.25. The predicted octanol–water partition coefficient (Wildman–Crippen LogP) is 6.39. The molecule has 8 heteroatoms. The molecule has 2 N–H and O–H groups in total. The van der Waals surface area contributed by atoms with Crippen LogP contribution in [0.3, 0.4) is 0 Å². The molecule has 0 aliphatic rings. The number of ether oxygens (including phenoxy) is 1. The van der Waals surface area contributed by atoms with E-state index in [2.05, 4.69) is 15.5 Å². The number of carbonyl (C=O) groups is 1. The predicted molar refractivity (Wildman–Crippen MR) is 129 cm³/mol. The molecule has 162 valence electrons. The largest absolute Gasteiger partial charge is 0.456 e. The van der Waals surface area contributed by atoms with Gasteiger partial charge in [-0.3, -0.25) is 14.5 Å². The quantitative estimate of drug-likeness (QED) is 0.311. The van der Waals surface area contributed by atoms with Gasteiger partial charge in [-0.1, -0.05) is 53.6 Å². The highest BCUT2D eigenvalue weighted by Gasteiger charge is 2.11. The number of rotatable bonds is 7. The van der Waals surface area contributed by atoms with E-state index in [4.69, 9.17) is 28.6 Å². The highest BCUT2D eigenvalue weighted by atomic mass is 35.5. The lowest BCUT2D eigenvalue weighted by Crippen LogP contribution is -2.15. The Hall–Kier alpha value is -3.42. The Kier molecular flexibility index (Phi) is 6.68. The van der Waals surface area contributed by atoms with Crippen LogP contribution < -0.4 is 10.1 Å². The van der Waals surface area contributed by atoms with Crippen LogP contribution in [0.1, 0.15) is 12.0 Å². The second-order valence-electron chi connectivity index (χ2n) is 7.23.